The standard InChI is InChI=1S/C58H39N/c1-2-12-40(13-3-1)46-17-10-19-52(38-46)59(51-33-30-42(31-34-51)47-28-24-41-14-4-5-16-45(41)36-47)53-20-11-18-48(39-53)54-21-8-9-22-55(54)49-32-35-57-50(37-49)29-27-44-26-25-43-15-6-7-23-56(43)58(44)57/h1-39H. The first kappa shape index (κ1) is 34.5. The first-order valence-corrected chi connectivity index (χ1v) is 20.3. The number of benzene rings is 11. The summed E-state index contributed by atoms with van der Waals surface area (Å²) in [5, 5.41) is 10.2. The van der Waals surface area contributed by atoms with Crippen molar-refractivity contribution in [2.45, 2.75) is 0 Å². The minimum atomic E-state index is 1.10. The smallest absolute Gasteiger partial charge is 0.0467 e. The van der Waals surface area contributed by atoms with Crippen LogP contribution in [-0.2, 0) is 0 Å². The highest BCUT2D eigenvalue weighted by Gasteiger charge is 2.17. The molecule has 11 aromatic rings. The molecule has 0 aliphatic heterocycles. The lowest BCUT2D eigenvalue weighted by Crippen LogP contribution is -2.10. The van der Waals surface area contributed by atoms with Crippen LogP contribution in [0.3, 0.4) is 0 Å². The van der Waals surface area contributed by atoms with E-state index in [4.69, 9.17) is 0 Å². The fourth-order valence-corrected chi connectivity index (χ4v) is 8.88. The van der Waals surface area contributed by atoms with Crippen LogP contribution in [0.1, 0.15) is 0 Å². The van der Waals surface area contributed by atoms with Gasteiger partial charge in [0, 0.05) is 17.1 Å². The number of anilines is 3. The van der Waals surface area contributed by atoms with E-state index in [0.717, 1.165) is 17.1 Å². The first-order chi connectivity index (χ1) is 29.2. The van der Waals surface area contributed by atoms with E-state index in [1.165, 1.54) is 87.6 Å². The fourth-order valence-electron chi connectivity index (χ4n) is 8.88. The molecule has 0 amide bonds. The summed E-state index contributed by atoms with van der Waals surface area (Å²) in [5.74, 6) is 0. The molecular formula is C58H39N. The molecule has 0 atom stereocenters. The first-order valence-electron chi connectivity index (χ1n) is 20.3. The maximum atomic E-state index is 2.38. The molecule has 0 radical (unpaired) electrons. The van der Waals surface area contributed by atoms with Gasteiger partial charge in [-0.25, -0.2) is 0 Å². The van der Waals surface area contributed by atoms with E-state index in [1.54, 1.807) is 0 Å². The van der Waals surface area contributed by atoms with Gasteiger partial charge in [-0.15, -0.1) is 0 Å². The molecule has 0 spiro atoms. The highest BCUT2D eigenvalue weighted by atomic mass is 15.1. The van der Waals surface area contributed by atoms with Crippen molar-refractivity contribution in [3.05, 3.63) is 237 Å². The molecule has 0 aliphatic rings. The summed E-state index contributed by atoms with van der Waals surface area (Å²) in [6.07, 6.45) is 0. The van der Waals surface area contributed by atoms with Crippen LogP contribution >= 0.6 is 0 Å². The van der Waals surface area contributed by atoms with E-state index >= 15 is 0 Å². The van der Waals surface area contributed by atoms with E-state index in [2.05, 4.69) is 241 Å². The van der Waals surface area contributed by atoms with Crippen molar-refractivity contribution in [2.75, 3.05) is 4.90 Å². The zero-order chi connectivity index (χ0) is 39.1. The van der Waals surface area contributed by atoms with E-state index in [9.17, 15) is 0 Å². The zero-order valence-corrected chi connectivity index (χ0v) is 32.5. The molecule has 11 rings (SSSR count). The van der Waals surface area contributed by atoms with Gasteiger partial charge in [0.25, 0.3) is 0 Å². The third-order valence-corrected chi connectivity index (χ3v) is 11.8. The van der Waals surface area contributed by atoms with Crippen LogP contribution in [0.5, 0.6) is 0 Å². The van der Waals surface area contributed by atoms with Gasteiger partial charge in [-0.3, -0.25) is 0 Å². The monoisotopic (exact) mass is 749 g/mol. The van der Waals surface area contributed by atoms with Gasteiger partial charge in [-0.05, 0) is 136 Å². The average molecular weight is 750 g/mol. The number of hydrogen-bond acceptors (Lipinski definition) is 1. The minimum absolute atomic E-state index is 1.10. The van der Waals surface area contributed by atoms with Crippen LogP contribution < -0.4 is 4.90 Å². The predicted octanol–water partition coefficient (Wildman–Crippen LogP) is 16.4. The molecule has 1 heteroatoms. The molecule has 0 unspecified atom stereocenters. The Balaban J connectivity index is 1.01. The van der Waals surface area contributed by atoms with E-state index in [1.807, 2.05) is 0 Å². The normalized spacial score (nSPS) is 11.4. The lowest BCUT2D eigenvalue weighted by molar-refractivity contribution is 1.28. The van der Waals surface area contributed by atoms with Crippen molar-refractivity contribution in [2.24, 2.45) is 0 Å². The molecule has 0 aromatic heterocycles. The third kappa shape index (κ3) is 6.40. The van der Waals surface area contributed by atoms with Crippen molar-refractivity contribution in [3.8, 4) is 44.5 Å². The molecule has 0 saturated carbocycles. The predicted molar refractivity (Wildman–Crippen MR) is 253 cm³/mol. The van der Waals surface area contributed by atoms with Gasteiger partial charge in [0.05, 0.1) is 0 Å². The number of rotatable bonds is 7. The van der Waals surface area contributed by atoms with Crippen LogP contribution in [-0.4, -0.2) is 0 Å². The Hall–Kier alpha value is -7.74. The van der Waals surface area contributed by atoms with Crippen LogP contribution in [0.4, 0.5) is 17.1 Å². The molecule has 0 bridgehead atoms. The van der Waals surface area contributed by atoms with Crippen LogP contribution in [0.15, 0.2) is 237 Å². The quantitative estimate of drug-likeness (QED) is 0.147. The lowest BCUT2D eigenvalue weighted by atomic mass is 9.91. The molecule has 1 nitrogen and oxygen atoms in total. The Morgan fingerprint density at radius 1 is 0.220 bits per heavy atom. The Kier molecular flexibility index (Phi) is 8.56. The second-order valence-corrected chi connectivity index (χ2v) is 15.3. The Morgan fingerprint density at radius 2 is 0.695 bits per heavy atom. The van der Waals surface area contributed by atoms with Crippen LogP contribution in [0.2, 0.25) is 0 Å². The number of fused-ring (bicyclic) bond motifs is 6. The SMILES string of the molecule is c1ccc(-c2cccc(N(c3ccc(-c4ccc5ccccc5c4)cc3)c3cccc(-c4ccccc4-c4ccc5c(ccc6ccc7ccccc7c65)c4)c3)c2)cc1. The highest BCUT2D eigenvalue weighted by molar-refractivity contribution is 6.20. The Labute approximate surface area is 344 Å². The Bertz CT molecular complexity index is 3320. The van der Waals surface area contributed by atoms with Crippen LogP contribution in [0.25, 0.3) is 87.6 Å². The zero-order valence-electron chi connectivity index (χ0n) is 32.5. The summed E-state index contributed by atoms with van der Waals surface area (Å²) in [5.41, 5.74) is 12.8. The minimum Gasteiger partial charge on any atom is -0.310 e. The largest absolute Gasteiger partial charge is 0.310 e. The molecular weight excluding hydrogens is 711 g/mol. The summed E-state index contributed by atoms with van der Waals surface area (Å²) in [6.45, 7) is 0. The van der Waals surface area contributed by atoms with Gasteiger partial charge in [-0.1, -0.05) is 188 Å². The van der Waals surface area contributed by atoms with Gasteiger partial charge in [0.1, 0.15) is 0 Å². The van der Waals surface area contributed by atoms with Crippen LogP contribution in [0, 0.1) is 0 Å². The molecule has 0 heterocycles. The van der Waals surface area contributed by atoms with Crippen molar-refractivity contribution in [1.29, 1.82) is 0 Å². The van der Waals surface area contributed by atoms with Gasteiger partial charge >= 0.3 is 0 Å². The molecule has 0 N–H and O–H groups in total. The summed E-state index contributed by atoms with van der Waals surface area (Å²) < 4.78 is 0. The van der Waals surface area contributed by atoms with E-state index in [-0.39, 0.29) is 0 Å². The maximum Gasteiger partial charge on any atom is 0.0467 e. The maximum absolute atomic E-state index is 2.38. The lowest BCUT2D eigenvalue weighted by Gasteiger charge is -2.27. The van der Waals surface area contributed by atoms with Gasteiger partial charge in [0.15, 0.2) is 0 Å². The summed E-state index contributed by atoms with van der Waals surface area (Å²) in [4.78, 5) is 2.38. The van der Waals surface area contributed by atoms with Crippen molar-refractivity contribution in [3.63, 3.8) is 0 Å². The molecule has 0 saturated heterocycles. The van der Waals surface area contributed by atoms with Gasteiger partial charge in [0.2, 0.25) is 0 Å². The summed E-state index contributed by atoms with van der Waals surface area (Å²) >= 11 is 0. The second-order valence-electron chi connectivity index (χ2n) is 15.3. The van der Waals surface area contributed by atoms with Crippen molar-refractivity contribution < 1.29 is 0 Å². The Morgan fingerprint density at radius 3 is 1.47 bits per heavy atom. The highest BCUT2D eigenvalue weighted by Crippen LogP contribution is 2.42. The van der Waals surface area contributed by atoms with Crippen molar-refractivity contribution >= 4 is 60.2 Å². The van der Waals surface area contributed by atoms with Gasteiger partial charge < -0.3 is 4.90 Å². The number of hydrogen-bond donors (Lipinski definition) is 0. The van der Waals surface area contributed by atoms with E-state index < -0.39 is 0 Å². The summed E-state index contributed by atoms with van der Waals surface area (Å²) in [7, 11) is 0. The molecule has 0 aliphatic carbocycles. The molecule has 0 fully saturated rings. The molecule has 276 valence electrons. The van der Waals surface area contributed by atoms with Gasteiger partial charge in [-0.2, -0.15) is 0 Å². The second kappa shape index (κ2) is 14.6. The molecule has 59 heavy (non-hydrogen) atoms. The fraction of sp³-hybridized carbons (Fsp3) is 0. The van der Waals surface area contributed by atoms with Crippen molar-refractivity contribution in [1.82, 2.24) is 0 Å². The summed E-state index contributed by atoms with van der Waals surface area (Å²) in [6, 6.07) is 86.3. The van der Waals surface area contributed by atoms with E-state index in [0.29, 0.717) is 0 Å². The topological polar surface area (TPSA) is 3.24 Å². The average Bonchev–Trinajstić information content (AvgIpc) is 3.32. The number of nitrogens with zero attached hydrogens (tertiary/aromatic N) is 1. The third-order valence-electron chi connectivity index (χ3n) is 11.8. The molecule has 11 aromatic carbocycles.